The van der Waals surface area contributed by atoms with Crippen LogP contribution in [0.3, 0.4) is 0 Å². The van der Waals surface area contributed by atoms with E-state index in [0.29, 0.717) is 39.7 Å². The van der Waals surface area contributed by atoms with Crippen molar-refractivity contribution in [3.8, 4) is 23.0 Å². The van der Waals surface area contributed by atoms with Gasteiger partial charge in [0.2, 0.25) is 0 Å². The van der Waals surface area contributed by atoms with Gasteiger partial charge in [0.25, 0.3) is 5.79 Å². The van der Waals surface area contributed by atoms with Crippen molar-refractivity contribution in [1.29, 1.82) is 0 Å². The Kier molecular flexibility index (Phi) is 6.47. The number of cyclic esters (lactones) is 1. The number of aliphatic hydroxyl groups is 1. The molecule has 1 atom stereocenters. The molecular formula is C27H26O7. The van der Waals surface area contributed by atoms with Crippen molar-refractivity contribution in [3.63, 3.8) is 0 Å². The maximum absolute atomic E-state index is 13.3. The fourth-order valence-corrected chi connectivity index (χ4v) is 4.08. The molecule has 1 aliphatic rings. The number of esters is 1. The van der Waals surface area contributed by atoms with Gasteiger partial charge in [0.15, 0.2) is 0 Å². The molecule has 1 aliphatic heterocycles. The van der Waals surface area contributed by atoms with Gasteiger partial charge in [0, 0.05) is 23.6 Å². The van der Waals surface area contributed by atoms with Crippen LogP contribution < -0.4 is 18.9 Å². The quantitative estimate of drug-likeness (QED) is 0.504. The number of benzene rings is 3. The average molecular weight is 462 g/mol. The third-order valence-electron chi connectivity index (χ3n) is 5.84. The summed E-state index contributed by atoms with van der Waals surface area (Å²) in [7, 11) is 6.19. The van der Waals surface area contributed by atoms with E-state index in [0.717, 1.165) is 5.56 Å². The Morgan fingerprint density at radius 1 is 0.794 bits per heavy atom. The van der Waals surface area contributed by atoms with Gasteiger partial charge in [-0.1, -0.05) is 18.2 Å². The van der Waals surface area contributed by atoms with Crippen molar-refractivity contribution < 1.29 is 33.6 Å². The summed E-state index contributed by atoms with van der Waals surface area (Å²) in [5.74, 6) is -0.384. The van der Waals surface area contributed by atoms with E-state index >= 15 is 0 Å². The molecule has 176 valence electrons. The number of carbonyl (C=O) groups excluding carboxylic acids is 1. The topological polar surface area (TPSA) is 83.5 Å². The molecule has 3 aromatic rings. The number of ether oxygens (including phenoxy) is 5. The van der Waals surface area contributed by atoms with E-state index in [2.05, 4.69) is 0 Å². The van der Waals surface area contributed by atoms with Gasteiger partial charge in [0.05, 0.1) is 34.0 Å². The van der Waals surface area contributed by atoms with E-state index in [1.54, 1.807) is 56.7 Å². The summed E-state index contributed by atoms with van der Waals surface area (Å²) < 4.78 is 27.2. The lowest BCUT2D eigenvalue weighted by Gasteiger charge is -2.26. The second kappa shape index (κ2) is 9.49. The van der Waals surface area contributed by atoms with Crippen molar-refractivity contribution in [2.24, 2.45) is 0 Å². The van der Waals surface area contributed by atoms with Crippen LogP contribution in [0.25, 0.3) is 5.57 Å². The minimum atomic E-state index is -1.99. The highest BCUT2D eigenvalue weighted by Crippen LogP contribution is 2.46. The molecule has 0 aromatic heterocycles. The average Bonchev–Trinajstić information content (AvgIpc) is 3.13. The van der Waals surface area contributed by atoms with Crippen LogP contribution in [-0.2, 0) is 21.7 Å². The molecule has 7 nitrogen and oxygen atoms in total. The minimum Gasteiger partial charge on any atom is -0.497 e. The summed E-state index contributed by atoms with van der Waals surface area (Å²) in [6.45, 7) is 0. The molecule has 1 unspecified atom stereocenters. The van der Waals surface area contributed by atoms with Crippen molar-refractivity contribution in [3.05, 3.63) is 89.0 Å². The molecule has 0 spiro atoms. The Hall–Kier alpha value is -3.97. The lowest BCUT2D eigenvalue weighted by molar-refractivity contribution is -0.185. The van der Waals surface area contributed by atoms with Crippen molar-refractivity contribution in [2.45, 2.75) is 12.2 Å². The van der Waals surface area contributed by atoms with Gasteiger partial charge in [-0.15, -0.1) is 0 Å². The first-order valence-corrected chi connectivity index (χ1v) is 10.6. The van der Waals surface area contributed by atoms with E-state index in [4.69, 9.17) is 23.7 Å². The second-order valence-corrected chi connectivity index (χ2v) is 7.71. The fraction of sp³-hybridized carbons (Fsp3) is 0.222. The predicted octanol–water partition coefficient (Wildman–Crippen LogP) is 4.12. The fourth-order valence-electron chi connectivity index (χ4n) is 4.08. The summed E-state index contributed by atoms with van der Waals surface area (Å²) in [5, 5.41) is 11.8. The first-order chi connectivity index (χ1) is 16.4. The number of methoxy groups -OCH3 is 4. The molecule has 0 aliphatic carbocycles. The van der Waals surface area contributed by atoms with Gasteiger partial charge < -0.3 is 28.8 Å². The lowest BCUT2D eigenvalue weighted by Crippen LogP contribution is -2.29. The second-order valence-electron chi connectivity index (χ2n) is 7.71. The third kappa shape index (κ3) is 4.18. The summed E-state index contributed by atoms with van der Waals surface area (Å²) in [4.78, 5) is 13.3. The minimum absolute atomic E-state index is 0.202. The Morgan fingerprint density at radius 2 is 1.41 bits per heavy atom. The first-order valence-electron chi connectivity index (χ1n) is 10.6. The Labute approximate surface area is 198 Å². The highest BCUT2D eigenvalue weighted by molar-refractivity contribution is 6.20. The molecule has 0 fully saturated rings. The van der Waals surface area contributed by atoms with E-state index in [9.17, 15) is 9.90 Å². The molecule has 4 rings (SSSR count). The highest BCUT2D eigenvalue weighted by atomic mass is 16.7. The summed E-state index contributed by atoms with van der Waals surface area (Å²) in [6.07, 6.45) is 0.202. The Bertz CT molecular complexity index is 1210. The number of para-hydroxylation sites is 1. The predicted molar refractivity (Wildman–Crippen MR) is 126 cm³/mol. The molecule has 0 saturated carbocycles. The van der Waals surface area contributed by atoms with Gasteiger partial charge in [0.1, 0.15) is 23.0 Å². The van der Waals surface area contributed by atoms with Crippen molar-refractivity contribution in [2.75, 3.05) is 28.4 Å². The van der Waals surface area contributed by atoms with Crippen LogP contribution in [0.2, 0.25) is 0 Å². The molecule has 0 bridgehead atoms. The van der Waals surface area contributed by atoms with Gasteiger partial charge >= 0.3 is 5.97 Å². The van der Waals surface area contributed by atoms with Crippen LogP contribution in [0, 0.1) is 0 Å². The molecule has 0 amide bonds. The zero-order valence-electron chi connectivity index (χ0n) is 19.5. The third-order valence-corrected chi connectivity index (χ3v) is 5.84. The molecular weight excluding hydrogens is 436 g/mol. The molecule has 1 N–H and O–H groups in total. The summed E-state index contributed by atoms with van der Waals surface area (Å²) in [6, 6.07) is 19.3. The number of hydrogen-bond acceptors (Lipinski definition) is 7. The van der Waals surface area contributed by atoms with Gasteiger partial charge in [-0.3, -0.25) is 0 Å². The van der Waals surface area contributed by atoms with Crippen LogP contribution in [0.15, 0.2) is 72.3 Å². The Balaban J connectivity index is 1.94. The number of hydrogen-bond donors (Lipinski definition) is 1. The molecule has 7 heteroatoms. The largest absolute Gasteiger partial charge is 0.497 e. The maximum Gasteiger partial charge on any atom is 0.342 e. The monoisotopic (exact) mass is 462 g/mol. The van der Waals surface area contributed by atoms with E-state index < -0.39 is 11.8 Å². The molecule has 3 aromatic carbocycles. The lowest BCUT2D eigenvalue weighted by atomic mass is 9.87. The van der Waals surface area contributed by atoms with Gasteiger partial charge in [-0.2, -0.15) is 0 Å². The summed E-state index contributed by atoms with van der Waals surface area (Å²) >= 11 is 0. The highest BCUT2D eigenvalue weighted by Gasteiger charge is 2.48. The molecule has 0 radical (unpaired) electrons. The molecule has 34 heavy (non-hydrogen) atoms. The van der Waals surface area contributed by atoms with Crippen LogP contribution in [0.4, 0.5) is 0 Å². The molecule has 1 heterocycles. The van der Waals surface area contributed by atoms with E-state index in [1.807, 2.05) is 24.3 Å². The van der Waals surface area contributed by atoms with Crippen LogP contribution in [0.5, 0.6) is 23.0 Å². The SMILES string of the molecule is COc1ccc(C2(O)OC(=O)C(c3cc(OC)cc(OC)c3)=C2Cc2ccccc2OC)cc1. The zero-order valence-corrected chi connectivity index (χ0v) is 19.5. The number of rotatable bonds is 8. The normalized spacial score (nSPS) is 17.4. The molecule has 0 saturated heterocycles. The van der Waals surface area contributed by atoms with Crippen LogP contribution >= 0.6 is 0 Å². The maximum atomic E-state index is 13.3. The first kappa shape index (κ1) is 23.2. The number of carbonyl (C=O) groups is 1. The zero-order chi connectivity index (χ0) is 24.3. The van der Waals surface area contributed by atoms with E-state index in [1.165, 1.54) is 14.2 Å². The standard InChI is InChI=1S/C27H26O7/c1-30-20-11-9-19(10-12-20)27(29)23(15-17-7-5-6-8-24(17)33-4)25(26(28)34-27)18-13-21(31-2)16-22(14-18)32-3/h5-14,16,29H,15H2,1-4H3. The smallest absolute Gasteiger partial charge is 0.342 e. The summed E-state index contributed by atoms with van der Waals surface area (Å²) in [5.41, 5.74) is 2.31. The van der Waals surface area contributed by atoms with Crippen LogP contribution in [0.1, 0.15) is 16.7 Å². The van der Waals surface area contributed by atoms with E-state index in [-0.39, 0.29) is 12.0 Å². The van der Waals surface area contributed by atoms with Gasteiger partial charge in [-0.25, -0.2) is 4.79 Å². The van der Waals surface area contributed by atoms with Crippen LogP contribution in [-0.4, -0.2) is 39.5 Å². The Morgan fingerprint density at radius 3 is 2.00 bits per heavy atom. The van der Waals surface area contributed by atoms with Crippen molar-refractivity contribution in [1.82, 2.24) is 0 Å². The van der Waals surface area contributed by atoms with Crippen molar-refractivity contribution >= 4 is 11.5 Å². The van der Waals surface area contributed by atoms with Gasteiger partial charge in [-0.05, 0) is 53.6 Å².